The lowest BCUT2D eigenvalue weighted by Crippen LogP contribution is -1.85. The van der Waals surface area contributed by atoms with Crippen LogP contribution in [0.25, 0.3) is 20.5 Å². The SMILES string of the molecule is COc1[c]cccc1-c1cc2ccccc2s1. The van der Waals surface area contributed by atoms with Crippen molar-refractivity contribution in [3.05, 3.63) is 54.6 Å². The summed E-state index contributed by atoms with van der Waals surface area (Å²) in [6, 6.07) is 19.6. The topological polar surface area (TPSA) is 9.23 Å². The molecule has 1 heterocycles. The van der Waals surface area contributed by atoms with E-state index in [0.717, 1.165) is 11.3 Å². The minimum atomic E-state index is 0.805. The van der Waals surface area contributed by atoms with E-state index < -0.39 is 0 Å². The van der Waals surface area contributed by atoms with Gasteiger partial charge in [-0.2, -0.15) is 0 Å². The number of para-hydroxylation sites is 1. The van der Waals surface area contributed by atoms with Crippen LogP contribution in [0.15, 0.2) is 48.5 Å². The zero-order chi connectivity index (χ0) is 11.7. The summed E-state index contributed by atoms with van der Waals surface area (Å²) in [6.07, 6.45) is 0. The van der Waals surface area contributed by atoms with Gasteiger partial charge in [-0.1, -0.05) is 30.3 Å². The third-order valence-electron chi connectivity index (χ3n) is 2.71. The van der Waals surface area contributed by atoms with Crippen molar-refractivity contribution in [1.82, 2.24) is 0 Å². The van der Waals surface area contributed by atoms with E-state index in [1.165, 1.54) is 15.0 Å². The Kier molecular flexibility index (Phi) is 2.57. The molecule has 0 amide bonds. The lowest BCUT2D eigenvalue weighted by Gasteiger charge is -2.04. The molecule has 2 heteroatoms. The van der Waals surface area contributed by atoms with Crippen LogP contribution in [0.5, 0.6) is 5.75 Å². The second-order valence-corrected chi connectivity index (χ2v) is 4.85. The van der Waals surface area contributed by atoms with Crippen LogP contribution >= 0.6 is 11.3 Å². The molecular formula is C15H11OS. The first kappa shape index (κ1) is 10.4. The Bertz CT molecular complexity index is 622. The summed E-state index contributed by atoms with van der Waals surface area (Å²) in [5, 5.41) is 1.28. The summed E-state index contributed by atoms with van der Waals surface area (Å²) in [6.45, 7) is 0. The van der Waals surface area contributed by atoms with Crippen molar-refractivity contribution in [3.63, 3.8) is 0 Å². The molecule has 0 unspecified atom stereocenters. The van der Waals surface area contributed by atoms with Crippen LogP contribution in [0.4, 0.5) is 0 Å². The molecule has 0 saturated heterocycles. The van der Waals surface area contributed by atoms with E-state index in [1.807, 2.05) is 12.1 Å². The van der Waals surface area contributed by atoms with Crippen molar-refractivity contribution in [2.45, 2.75) is 0 Å². The third-order valence-corrected chi connectivity index (χ3v) is 3.86. The molecule has 0 atom stereocenters. The highest BCUT2D eigenvalue weighted by molar-refractivity contribution is 7.22. The van der Waals surface area contributed by atoms with Crippen molar-refractivity contribution in [2.75, 3.05) is 7.11 Å². The maximum Gasteiger partial charge on any atom is 0.135 e. The summed E-state index contributed by atoms with van der Waals surface area (Å²) in [5.74, 6) is 0.805. The Labute approximate surface area is 104 Å². The second kappa shape index (κ2) is 4.22. The van der Waals surface area contributed by atoms with Crippen LogP contribution in [0, 0.1) is 6.07 Å². The van der Waals surface area contributed by atoms with Crippen LogP contribution < -0.4 is 4.74 Å². The smallest absolute Gasteiger partial charge is 0.135 e. The van der Waals surface area contributed by atoms with Crippen molar-refractivity contribution in [3.8, 4) is 16.2 Å². The third kappa shape index (κ3) is 1.81. The van der Waals surface area contributed by atoms with Gasteiger partial charge < -0.3 is 4.74 Å². The highest BCUT2D eigenvalue weighted by atomic mass is 32.1. The lowest BCUT2D eigenvalue weighted by atomic mass is 10.1. The highest BCUT2D eigenvalue weighted by Gasteiger charge is 2.08. The first-order valence-electron chi connectivity index (χ1n) is 5.42. The van der Waals surface area contributed by atoms with E-state index in [0.29, 0.717) is 0 Å². The molecule has 0 aliphatic rings. The molecule has 0 fully saturated rings. The molecule has 0 N–H and O–H groups in total. The maximum absolute atomic E-state index is 5.35. The average Bonchev–Trinajstić information content (AvgIpc) is 2.82. The van der Waals surface area contributed by atoms with Gasteiger partial charge in [-0.05, 0) is 23.6 Å². The summed E-state index contributed by atoms with van der Waals surface area (Å²) in [5.41, 5.74) is 1.11. The summed E-state index contributed by atoms with van der Waals surface area (Å²) >= 11 is 1.78. The number of benzene rings is 2. The number of hydrogen-bond acceptors (Lipinski definition) is 2. The van der Waals surface area contributed by atoms with E-state index >= 15 is 0 Å². The molecular weight excluding hydrogens is 228 g/mol. The average molecular weight is 239 g/mol. The molecule has 83 valence electrons. The first-order valence-corrected chi connectivity index (χ1v) is 6.24. The number of methoxy groups -OCH3 is 1. The van der Waals surface area contributed by atoms with Gasteiger partial charge >= 0.3 is 0 Å². The molecule has 17 heavy (non-hydrogen) atoms. The quantitative estimate of drug-likeness (QED) is 0.645. The van der Waals surface area contributed by atoms with Gasteiger partial charge in [-0.25, -0.2) is 0 Å². The van der Waals surface area contributed by atoms with Gasteiger partial charge in [0.05, 0.1) is 7.11 Å². The van der Waals surface area contributed by atoms with Crippen LogP contribution in [0.1, 0.15) is 0 Å². The minimum Gasteiger partial charge on any atom is -0.495 e. The lowest BCUT2D eigenvalue weighted by molar-refractivity contribution is 0.415. The maximum atomic E-state index is 5.35. The van der Waals surface area contributed by atoms with E-state index in [-0.39, 0.29) is 0 Å². The molecule has 0 bridgehead atoms. The van der Waals surface area contributed by atoms with Gasteiger partial charge in [-0.3, -0.25) is 0 Å². The fraction of sp³-hybridized carbons (Fsp3) is 0.0667. The molecule has 0 saturated carbocycles. The molecule has 3 rings (SSSR count). The highest BCUT2D eigenvalue weighted by Crippen LogP contribution is 2.37. The zero-order valence-electron chi connectivity index (χ0n) is 9.44. The van der Waals surface area contributed by atoms with Crippen LogP contribution in [-0.4, -0.2) is 7.11 Å². The number of ether oxygens (including phenoxy) is 1. The van der Waals surface area contributed by atoms with E-state index in [9.17, 15) is 0 Å². The van der Waals surface area contributed by atoms with E-state index in [2.05, 4.69) is 42.5 Å². The van der Waals surface area contributed by atoms with Gasteiger partial charge in [0.2, 0.25) is 0 Å². The molecule has 1 radical (unpaired) electrons. The fourth-order valence-corrected chi connectivity index (χ4v) is 2.98. The summed E-state index contributed by atoms with van der Waals surface area (Å²) in [7, 11) is 1.68. The fourth-order valence-electron chi connectivity index (χ4n) is 1.90. The molecule has 3 aromatic rings. The standard InChI is InChI=1S/C15H11OS/c1-16-13-8-4-3-7-12(13)15-10-11-6-2-5-9-14(11)17-15/h2-7,9-10H,1H3. The normalized spacial score (nSPS) is 10.6. The van der Waals surface area contributed by atoms with Gasteiger partial charge in [0.1, 0.15) is 5.75 Å². The first-order chi connectivity index (χ1) is 8.38. The number of fused-ring (bicyclic) bond motifs is 1. The van der Waals surface area contributed by atoms with Gasteiger partial charge in [0, 0.05) is 21.2 Å². The Balaban J connectivity index is 2.20. The predicted molar refractivity (Wildman–Crippen MR) is 72.6 cm³/mol. The monoisotopic (exact) mass is 239 g/mol. The largest absolute Gasteiger partial charge is 0.495 e. The van der Waals surface area contributed by atoms with E-state index in [1.54, 1.807) is 18.4 Å². The van der Waals surface area contributed by atoms with Crippen LogP contribution in [-0.2, 0) is 0 Å². The molecule has 1 nitrogen and oxygen atoms in total. The minimum absolute atomic E-state index is 0.805. The summed E-state index contributed by atoms with van der Waals surface area (Å²) < 4.78 is 6.65. The predicted octanol–water partition coefficient (Wildman–Crippen LogP) is 4.38. The van der Waals surface area contributed by atoms with Crippen molar-refractivity contribution in [1.29, 1.82) is 0 Å². The van der Waals surface area contributed by atoms with Crippen molar-refractivity contribution >= 4 is 21.4 Å². The second-order valence-electron chi connectivity index (χ2n) is 3.77. The Morgan fingerprint density at radius 3 is 2.82 bits per heavy atom. The van der Waals surface area contributed by atoms with Crippen molar-refractivity contribution in [2.24, 2.45) is 0 Å². The molecule has 1 aromatic heterocycles. The van der Waals surface area contributed by atoms with E-state index in [4.69, 9.17) is 4.74 Å². The van der Waals surface area contributed by atoms with Crippen LogP contribution in [0.3, 0.4) is 0 Å². The Morgan fingerprint density at radius 2 is 2.00 bits per heavy atom. The molecule has 0 spiro atoms. The number of rotatable bonds is 2. The number of thiophene rings is 1. The molecule has 0 aliphatic carbocycles. The van der Waals surface area contributed by atoms with Gasteiger partial charge in [0.15, 0.2) is 0 Å². The van der Waals surface area contributed by atoms with Gasteiger partial charge in [-0.15, -0.1) is 11.3 Å². The Morgan fingerprint density at radius 1 is 1.12 bits per heavy atom. The zero-order valence-corrected chi connectivity index (χ0v) is 10.3. The van der Waals surface area contributed by atoms with Crippen molar-refractivity contribution < 1.29 is 4.74 Å². The van der Waals surface area contributed by atoms with Crippen LogP contribution in [0.2, 0.25) is 0 Å². The molecule has 2 aromatic carbocycles. The number of hydrogen-bond donors (Lipinski definition) is 0. The molecule has 0 aliphatic heterocycles. The summed E-state index contributed by atoms with van der Waals surface area (Å²) in [4.78, 5) is 1.22. The van der Waals surface area contributed by atoms with Gasteiger partial charge in [0.25, 0.3) is 0 Å². The Hall–Kier alpha value is -1.80.